The van der Waals surface area contributed by atoms with Gasteiger partial charge in [-0.05, 0) is 37.4 Å². The minimum atomic E-state index is -3.61. The Morgan fingerprint density at radius 2 is 1.89 bits per heavy atom. The molecule has 0 saturated heterocycles. The van der Waals surface area contributed by atoms with Crippen LogP contribution in [0, 0.1) is 11.7 Å². The van der Waals surface area contributed by atoms with E-state index in [1.165, 1.54) is 18.2 Å². The zero-order chi connectivity index (χ0) is 13.2. The molecule has 1 aliphatic rings. The smallest absolute Gasteiger partial charge is 0.184 e. The Hall–Kier alpha value is -0.940. The Kier molecular flexibility index (Phi) is 4.02. The lowest BCUT2D eigenvalue weighted by Crippen LogP contribution is -2.37. The third-order valence-corrected chi connectivity index (χ3v) is 6.05. The molecule has 2 rings (SSSR count). The summed E-state index contributed by atoms with van der Waals surface area (Å²) < 4.78 is 38.6. The van der Waals surface area contributed by atoms with Crippen LogP contribution in [0.15, 0.2) is 29.2 Å². The van der Waals surface area contributed by atoms with Gasteiger partial charge in [-0.2, -0.15) is 0 Å². The van der Waals surface area contributed by atoms with Crippen LogP contribution in [0.1, 0.15) is 25.7 Å². The van der Waals surface area contributed by atoms with Crippen LogP contribution >= 0.6 is 0 Å². The summed E-state index contributed by atoms with van der Waals surface area (Å²) in [6.07, 6.45) is 3.27. The van der Waals surface area contributed by atoms with Crippen LogP contribution in [0.5, 0.6) is 0 Å². The summed E-state index contributed by atoms with van der Waals surface area (Å²) in [4.78, 5) is -0.185. The maximum Gasteiger partial charge on any atom is 0.184 e. The summed E-state index contributed by atoms with van der Waals surface area (Å²) in [5, 5.41) is -0.534. The quantitative estimate of drug-likeness (QED) is 0.916. The maximum absolute atomic E-state index is 13.7. The second-order valence-electron chi connectivity index (χ2n) is 4.79. The highest BCUT2D eigenvalue weighted by molar-refractivity contribution is 7.92. The van der Waals surface area contributed by atoms with Gasteiger partial charge in [0.2, 0.25) is 0 Å². The van der Waals surface area contributed by atoms with Gasteiger partial charge >= 0.3 is 0 Å². The van der Waals surface area contributed by atoms with Crippen LogP contribution in [-0.4, -0.2) is 20.2 Å². The number of nitrogens with two attached hydrogens (primary N) is 1. The van der Waals surface area contributed by atoms with Crippen molar-refractivity contribution in [1.82, 2.24) is 0 Å². The minimum absolute atomic E-state index is 0.0524. The summed E-state index contributed by atoms with van der Waals surface area (Å²) in [6.45, 7) is 0.346. The Morgan fingerprint density at radius 1 is 1.22 bits per heavy atom. The lowest BCUT2D eigenvalue weighted by Gasteiger charge is -2.30. The van der Waals surface area contributed by atoms with Gasteiger partial charge in [-0.3, -0.25) is 0 Å². The molecule has 2 N–H and O–H groups in total. The molecule has 1 aliphatic carbocycles. The molecule has 0 bridgehead atoms. The number of sulfone groups is 1. The molecule has 0 aromatic heterocycles. The van der Waals surface area contributed by atoms with Crippen molar-refractivity contribution >= 4 is 9.84 Å². The van der Waals surface area contributed by atoms with Crippen LogP contribution in [0.2, 0.25) is 0 Å². The summed E-state index contributed by atoms with van der Waals surface area (Å²) in [6, 6.07) is 5.58. The summed E-state index contributed by atoms with van der Waals surface area (Å²) in [5.74, 6) is -0.720. The fourth-order valence-corrected chi connectivity index (χ4v) is 4.86. The summed E-state index contributed by atoms with van der Waals surface area (Å²) >= 11 is 0. The second kappa shape index (κ2) is 5.36. The van der Waals surface area contributed by atoms with Crippen molar-refractivity contribution in [3.8, 4) is 0 Å². The van der Waals surface area contributed by atoms with Gasteiger partial charge < -0.3 is 5.73 Å². The predicted octanol–water partition coefficient (Wildman–Crippen LogP) is 2.12. The Morgan fingerprint density at radius 3 is 2.56 bits per heavy atom. The number of hydrogen-bond donors (Lipinski definition) is 1. The first kappa shape index (κ1) is 13.5. The monoisotopic (exact) mass is 271 g/mol. The molecular weight excluding hydrogens is 253 g/mol. The van der Waals surface area contributed by atoms with Crippen LogP contribution in [-0.2, 0) is 9.84 Å². The van der Waals surface area contributed by atoms with Gasteiger partial charge in [-0.25, -0.2) is 12.8 Å². The average Bonchev–Trinajstić information content (AvgIpc) is 2.39. The van der Waals surface area contributed by atoms with Gasteiger partial charge in [0, 0.05) is 0 Å². The Labute approximate surface area is 107 Å². The van der Waals surface area contributed by atoms with E-state index < -0.39 is 20.9 Å². The van der Waals surface area contributed by atoms with Crippen LogP contribution in [0.25, 0.3) is 0 Å². The molecule has 0 heterocycles. The summed E-state index contributed by atoms with van der Waals surface area (Å²) in [5.41, 5.74) is 5.65. The molecule has 100 valence electrons. The lowest BCUT2D eigenvalue weighted by atomic mass is 9.89. The normalized spacial score (nSPS) is 25.0. The van der Waals surface area contributed by atoms with Crippen molar-refractivity contribution in [3.63, 3.8) is 0 Å². The van der Waals surface area contributed by atoms with E-state index in [2.05, 4.69) is 0 Å². The van der Waals surface area contributed by atoms with Crippen molar-refractivity contribution < 1.29 is 12.8 Å². The van der Waals surface area contributed by atoms with Crippen molar-refractivity contribution in [1.29, 1.82) is 0 Å². The third kappa shape index (κ3) is 2.42. The van der Waals surface area contributed by atoms with Crippen LogP contribution in [0.3, 0.4) is 0 Å². The molecule has 18 heavy (non-hydrogen) atoms. The van der Waals surface area contributed by atoms with Crippen molar-refractivity contribution in [3.05, 3.63) is 30.1 Å². The van der Waals surface area contributed by atoms with Gasteiger partial charge in [0.15, 0.2) is 9.84 Å². The number of benzene rings is 1. The Bertz CT molecular complexity index is 515. The first-order valence-electron chi connectivity index (χ1n) is 6.26. The van der Waals surface area contributed by atoms with Crippen molar-refractivity contribution in [2.24, 2.45) is 11.7 Å². The minimum Gasteiger partial charge on any atom is -0.330 e. The van der Waals surface area contributed by atoms with E-state index in [-0.39, 0.29) is 10.8 Å². The predicted molar refractivity (Wildman–Crippen MR) is 68.4 cm³/mol. The van der Waals surface area contributed by atoms with E-state index in [9.17, 15) is 12.8 Å². The molecule has 1 aromatic carbocycles. The van der Waals surface area contributed by atoms with Crippen molar-refractivity contribution in [2.45, 2.75) is 35.8 Å². The summed E-state index contributed by atoms with van der Waals surface area (Å²) in [7, 11) is -3.61. The molecule has 0 amide bonds. The van der Waals surface area contributed by atoms with E-state index in [0.717, 1.165) is 19.3 Å². The SMILES string of the molecule is NCC1CCCCC1S(=O)(=O)c1ccccc1F. The molecule has 2 atom stereocenters. The zero-order valence-electron chi connectivity index (χ0n) is 10.2. The fourth-order valence-electron chi connectivity index (χ4n) is 2.69. The standard InChI is InChI=1S/C13H18FNO2S/c14-11-6-2-4-8-13(11)18(16,17)12-7-3-1-5-10(12)9-15/h2,4,6,8,10,12H,1,3,5,7,9,15H2. The molecule has 1 saturated carbocycles. The highest BCUT2D eigenvalue weighted by Crippen LogP contribution is 2.33. The lowest BCUT2D eigenvalue weighted by molar-refractivity contribution is 0.362. The molecule has 3 nitrogen and oxygen atoms in total. The van der Waals surface area contributed by atoms with E-state index >= 15 is 0 Å². The van der Waals surface area contributed by atoms with Crippen LogP contribution < -0.4 is 5.73 Å². The molecule has 0 spiro atoms. The number of halogens is 1. The average molecular weight is 271 g/mol. The molecular formula is C13H18FNO2S. The van der Waals surface area contributed by atoms with Crippen LogP contribution in [0.4, 0.5) is 4.39 Å². The molecule has 0 aliphatic heterocycles. The highest BCUT2D eigenvalue weighted by Gasteiger charge is 2.36. The molecule has 2 unspecified atom stereocenters. The molecule has 0 radical (unpaired) electrons. The van der Waals surface area contributed by atoms with E-state index in [4.69, 9.17) is 5.73 Å². The first-order chi connectivity index (χ1) is 8.57. The largest absolute Gasteiger partial charge is 0.330 e. The van der Waals surface area contributed by atoms with Crippen molar-refractivity contribution in [2.75, 3.05) is 6.54 Å². The highest BCUT2D eigenvalue weighted by atomic mass is 32.2. The van der Waals surface area contributed by atoms with E-state index in [1.807, 2.05) is 0 Å². The zero-order valence-corrected chi connectivity index (χ0v) is 11.0. The first-order valence-corrected chi connectivity index (χ1v) is 7.80. The Balaban J connectivity index is 2.39. The third-order valence-electron chi connectivity index (χ3n) is 3.68. The van der Waals surface area contributed by atoms with E-state index in [0.29, 0.717) is 13.0 Å². The van der Waals surface area contributed by atoms with Gasteiger partial charge in [0.05, 0.1) is 5.25 Å². The van der Waals surface area contributed by atoms with E-state index in [1.54, 1.807) is 6.07 Å². The van der Waals surface area contributed by atoms with Gasteiger partial charge in [-0.15, -0.1) is 0 Å². The van der Waals surface area contributed by atoms with Gasteiger partial charge in [0.25, 0.3) is 0 Å². The van der Waals surface area contributed by atoms with Gasteiger partial charge in [-0.1, -0.05) is 25.0 Å². The molecule has 1 aromatic rings. The number of hydrogen-bond acceptors (Lipinski definition) is 3. The number of rotatable bonds is 3. The fraction of sp³-hybridized carbons (Fsp3) is 0.538. The molecule has 1 fully saturated rings. The molecule has 5 heteroatoms. The topological polar surface area (TPSA) is 60.2 Å². The van der Waals surface area contributed by atoms with Gasteiger partial charge in [0.1, 0.15) is 10.7 Å². The maximum atomic E-state index is 13.7. The second-order valence-corrected chi connectivity index (χ2v) is 6.93.